The summed E-state index contributed by atoms with van der Waals surface area (Å²) in [5.41, 5.74) is 0. The van der Waals surface area contributed by atoms with Gasteiger partial charge in [0.2, 0.25) is 5.91 Å². The van der Waals surface area contributed by atoms with Gasteiger partial charge in [-0.25, -0.2) is 4.99 Å². The van der Waals surface area contributed by atoms with Gasteiger partial charge in [-0.05, 0) is 45.0 Å². The number of hydrogen-bond donors (Lipinski definition) is 3. The lowest BCUT2D eigenvalue weighted by Crippen LogP contribution is -2.44. The van der Waals surface area contributed by atoms with E-state index in [1.807, 2.05) is 19.1 Å². The highest BCUT2D eigenvalue weighted by Gasteiger charge is 2.20. The molecule has 27 heavy (non-hydrogen) atoms. The van der Waals surface area contributed by atoms with Crippen molar-refractivity contribution in [1.29, 1.82) is 0 Å². The number of halogens is 2. The van der Waals surface area contributed by atoms with Gasteiger partial charge in [-0.1, -0.05) is 15.9 Å². The van der Waals surface area contributed by atoms with E-state index >= 15 is 0 Å². The van der Waals surface area contributed by atoms with Gasteiger partial charge in [-0.2, -0.15) is 0 Å². The Morgan fingerprint density at radius 2 is 1.89 bits per heavy atom. The molecular weight excluding hydrogens is 543 g/mol. The van der Waals surface area contributed by atoms with E-state index in [0.717, 1.165) is 11.0 Å². The predicted molar refractivity (Wildman–Crippen MR) is 128 cm³/mol. The van der Waals surface area contributed by atoms with Gasteiger partial charge in [0.05, 0.1) is 6.61 Å². The van der Waals surface area contributed by atoms with Crippen molar-refractivity contribution in [1.82, 2.24) is 16.0 Å². The Kier molecular flexibility index (Phi) is 14.2. The monoisotopic (exact) mass is 572 g/mol. The molecule has 3 N–H and O–H groups in total. The van der Waals surface area contributed by atoms with Crippen LogP contribution in [0.25, 0.3) is 0 Å². The number of aliphatic imine (C=N–C) groups is 1. The standard InChI is InChI=1S/C18H29BrN4O2S.HI/c1-5-20-17(22-12-16(24)21-10-11-25-4)23-13-18(2,3)26-15-8-6-14(19)7-9-15;/h6-9H,5,10-13H2,1-4H3,(H,21,24)(H2,20,22,23);1H. The third-order valence-electron chi connectivity index (χ3n) is 3.24. The summed E-state index contributed by atoms with van der Waals surface area (Å²) in [5.74, 6) is 0.515. The number of hydrogen-bond acceptors (Lipinski definition) is 4. The van der Waals surface area contributed by atoms with E-state index in [1.165, 1.54) is 4.90 Å². The number of nitrogens with one attached hydrogen (secondary N) is 3. The highest BCUT2D eigenvalue weighted by atomic mass is 127. The van der Waals surface area contributed by atoms with Crippen molar-refractivity contribution in [3.63, 3.8) is 0 Å². The van der Waals surface area contributed by atoms with E-state index in [1.54, 1.807) is 18.9 Å². The second-order valence-electron chi connectivity index (χ2n) is 6.21. The summed E-state index contributed by atoms with van der Waals surface area (Å²) < 4.78 is 5.94. The van der Waals surface area contributed by atoms with Crippen LogP contribution < -0.4 is 16.0 Å². The molecule has 0 aliphatic heterocycles. The number of thioether (sulfide) groups is 1. The molecule has 0 aromatic heterocycles. The Morgan fingerprint density at radius 1 is 1.22 bits per heavy atom. The lowest BCUT2D eigenvalue weighted by molar-refractivity contribution is -0.119. The van der Waals surface area contributed by atoms with Crippen molar-refractivity contribution in [2.24, 2.45) is 4.99 Å². The Balaban J connectivity index is 0.00000676. The fraction of sp³-hybridized carbons (Fsp3) is 0.556. The summed E-state index contributed by atoms with van der Waals surface area (Å²) in [6.07, 6.45) is 0. The second-order valence-corrected chi connectivity index (χ2v) is 8.90. The molecule has 6 nitrogen and oxygen atoms in total. The summed E-state index contributed by atoms with van der Waals surface area (Å²) >= 11 is 5.25. The molecule has 154 valence electrons. The van der Waals surface area contributed by atoms with Gasteiger partial charge < -0.3 is 20.7 Å². The summed E-state index contributed by atoms with van der Waals surface area (Å²) in [6.45, 7) is 8.86. The van der Waals surface area contributed by atoms with Crippen LogP contribution in [0.4, 0.5) is 0 Å². The molecule has 0 heterocycles. The number of nitrogens with zero attached hydrogens (tertiary/aromatic N) is 1. The number of guanidine groups is 1. The number of carbonyl (C=O) groups excluding carboxylic acids is 1. The number of carbonyl (C=O) groups is 1. The molecule has 0 saturated heterocycles. The minimum absolute atomic E-state index is 0. The van der Waals surface area contributed by atoms with Gasteiger partial charge in [0.15, 0.2) is 5.96 Å². The molecule has 0 aliphatic rings. The summed E-state index contributed by atoms with van der Waals surface area (Å²) in [6, 6.07) is 8.28. The third kappa shape index (κ3) is 12.5. The Labute approximate surface area is 192 Å². The van der Waals surface area contributed by atoms with Crippen molar-refractivity contribution < 1.29 is 9.53 Å². The molecule has 1 rings (SSSR count). The minimum atomic E-state index is -0.122. The summed E-state index contributed by atoms with van der Waals surface area (Å²) in [4.78, 5) is 17.3. The molecule has 0 aliphatic carbocycles. The second kappa shape index (κ2) is 14.5. The largest absolute Gasteiger partial charge is 0.383 e. The molecule has 1 aromatic carbocycles. The highest BCUT2D eigenvalue weighted by Crippen LogP contribution is 2.32. The van der Waals surface area contributed by atoms with E-state index < -0.39 is 0 Å². The van der Waals surface area contributed by atoms with Gasteiger partial charge in [0.25, 0.3) is 0 Å². The van der Waals surface area contributed by atoms with Gasteiger partial charge in [0.1, 0.15) is 6.54 Å². The summed E-state index contributed by atoms with van der Waals surface area (Å²) in [7, 11) is 1.60. The van der Waals surface area contributed by atoms with Gasteiger partial charge >= 0.3 is 0 Å². The smallest absolute Gasteiger partial charge is 0.241 e. The van der Waals surface area contributed by atoms with E-state index in [2.05, 4.69) is 62.9 Å². The summed E-state index contributed by atoms with van der Waals surface area (Å²) in [5, 5.41) is 9.24. The Morgan fingerprint density at radius 3 is 2.48 bits per heavy atom. The maximum absolute atomic E-state index is 11.8. The van der Waals surface area contributed by atoms with E-state index in [0.29, 0.717) is 25.7 Å². The normalized spacial score (nSPS) is 11.5. The molecule has 0 spiro atoms. The van der Waals surface area contributed by atoms with Crippen LogP contribution in [-0.4, -0.2) is 56.5 Å². The van der Waals surface area contributed by atoms with Crippen molar-refractivity contribution >= 4 is 63.5 Å². The van der Waals surface area contributed by atoms with Crippen LogP contribution in [0.3, 0.4) is 0 Å². The molecule has 0 fully saturated rings. The van der Waals surface area contributed by atoms with Gasteiger partial charge in [-0.15, -0.1) is 35.7 Å². The molecule has 0 unspecified atom stereocenters. The van der Waals surface area contributed by atoms with Crippen LogP contribution in [-0.2, 0) is 9.53 Å². The molecule has 1 amide bonds. The molecule has 9 heteroatoms. The Bertz CT molecular complexity index is 585. The zero-order valence-corrected chi connectivity index (χ0v) is 21.0. The lowest BCUT2D eigenvalue weighted by atomic mass is 10.2. The average molecular weight is 573 g/mol. The van der Waals surface area contributed by atoms with Crippen molar-refractivity contribution in [2.75, 3.05) is 39.9 Å². The van der Waals surface area contributed by atoms with Gasteiger partial charge in [-0.3, -0.25) is 4.79 Å². The van der Waals surface area contributed by atoms with Crippen LogP contribution in [0.5, 0.6) is 0 Å². The van der Waals surface area contributed by atoms with Gasteiger partial charge in [0, 0.05) is 40.9 Å². The number of methoxy groups -OCH3 is 1. The first kappa shape index (κ1) is 26.5. The van der Waals surface area contributed by atoms with Crippen LogP contribution in [0.2, 0.25) is 0 Å². The molecule has 0 radical (unpaired) electrons. The first-order valence-electron chi connectivity index (χ1n) is 8.58. The van der Waals surface area contributed by atoms with E-state index in [9.17, 15) is 4.79 Å². The molecule has 1 aromatic rings. The van der Waals surface area contributed by atoms with Crippen LogP contribution in [0.15, 0.2) is 38.6 Å². The zero-order valence-electron chi connectivity index (χ0n) is 16.3. The first-order valence-corrected chi connectivity index (χ1v) is 10.2. The number of ether oxygens (including phenoxy) is 1. The fourth-order valence-corrected chi connectivity index (χ4v) is 3.31. The van der Waals surface area contributed by atoms with Crippen molar-refractivity contribution in [2.45, 2.75) is 30.4 Å². The minimum Gasteiger partial charge on any atom is -0.383 e. The molecular formula is C18H30BrIN4O2S. The molecule has 0 atom stereocenters. The number of rotatable bonds is 10. The third-order valence-corrected chi connectivity index (χ3v) is 4.98. The predicted octanol–water partition coefficient (Wildman–Crippen LogP) is 3.26. The highest BCUT2D eigenvalue weighted by molar-refractivity contribution is 14.0. The molecule has 0 saturated carbocycles. The molecule has 0 bridgehead atoms. The van der Waals surface area contributed by atoms with Crippen LogP contribution in [0, 0.1) is 0 Å². The lowest BCUT2D eigenvalue weighted by Gasteiger charge is -2.25. The maximum atomic E-state index is 11.8. The van der Waals surface area contributed by atoms with Crippen molar-refractivity contribution in [3.8, 4) is 0 Å². The van der Waals surface area contributed by atoms with E-state index in [-0.39, 0.29) is 41.2 Å². The van der Waals surface area contributed by atoms with Crippen LogP contribution in [0.1, 0.15) is 20.8 Å². The fourth-order valence-electron chi connectivity index (χ4n) is 2.00. The quantitative estimate of drug-likeness (QED) is 0.132. The van der Waals surface area contributed by atoms with E-state index in [4.69, 9.17) is 4.74 Å². The topological polar surface area (TPSA) is 74.8 Å². The Hall–Kier alpha value is -0.520. The van der Waals surface area contributed by atoms with Crippen LogP contribution >= 0.6 is 51.7 Å². The SMILES string of the molecule is CCNC(=NCC(=O)NCCOC)NCC(C)(C)Sc1ccc(Br)cc1.I. The van der Waals surface area contributed by atoms with Crippen molar-refractivity contribution in [3.05, 3.63) is 28.7 Å². The number of amides is 1. The maximum Gasteiger partial charge on any atom is 0.241 e. The first-order chi connectivity index (χ1) is 12.4. The average Bonchev–Trinajstić information content (AvgIpc) is 2.59. The number of benzene rings is 1. The zero-order chi connectivity index (χ0) is 19.4.